The number of ether oxygens (including phenoxy) is 1. The first kappa shape index (κ1) is 24.8. The van der Waals surface area contributed by atoms with E-state index in [-0.39, 0.29) is 27.2 Å². The van der Waals surface area contributed by atoms with Gasteiger partial charge in [0, 0.05) is 17.1 Å². The Balaban J connectivity index is 1.45. The molecule has 2 aromatic carbocycles. The van der Waals surface area contributed by atoms with Crippen LogP contribution in [0.4, 0.5) is 10.1 Å². The fraction of sp³-hybridized carbons (Fsp3) is 0.120. The second-order valence-electron chi connectivity index (χ2n) is 8.10. The summed E-state index contributed by atoms with van der Waals surface area (Å²) in [6.45, 7) is 1.92. The number of rotatable bonds is 4. The zero-order valence-electron chi connectivity index (χ0n) is 19.0. The van der Waals surface area contributed by atoms with E-state index < -0.39 is 18.5 Å². The van der Waals surface area contributed by atoms with Crippen molar-refractivity contribution in [2.24, 2.45) is 5.10 Å². The standard InChI is InChI=1S/C25H17Cl2FN6O3/c1-12-6-20(13-2-5-22(28)30-11-13)31-19-4-3-15(9-16(12)19)37-23-17(26)7-14(8-18(23)27)34-25(36)32-24(35)21(10-29)33-34/h2-9,11,24-25,32,35-36H,1H3. The van der Waals surface area contributed by atoms with E-state index in [1.165, 1.54) is 24.4 Å². The summed E-state index contributed by atoms with van der Waals surface area (Å²) in [5.74, 6) is 0.0726. The molecular formula is C25H17Cl2FN6O3. The summed E-state index contributed by atoms with van der Waals surface area (Å²) >= 11 is 12.9. The zero-order valence-corrected chi connectivity index (χ0v) is 20.5. The highest BCUT2D eigenvalue weighted by molar-refractivity contribution is 6.37. The molecule has 2 aromatic heterocycles. The van der Waals surface area contributed by atoms with Gasteiger partial charge in [0.05, 0.1) is 26.9 Å². The average Bonchev–Trinajstić information content (AvgIpc) is 2.87. The van der Waals surface area contributed by atoms with Crippen LogP contribution in [0.25, 0.3) is 22.2 Å². The minimum Gasteiger partial charge on any atom is -0.454 e. The number of fused-ring (bicyclic) bond motifs is 1. The van der Waals surface area contributed by atoms with Crippen LogP contribution in [0.5, 0.6) is 11.5 Å². The molecule has 3 heterocycles. The molecule has 2 atom stereocenters. The molecule has 12 heteroatoms. The quantitative estimate of drug-likeness (QED) is 0.318. The fourth-order valence-electron chi connectivity index (χ4n) is 3.80. The van der Waals surface area contributed by atoms with Gasteiger partial charge in [-0.1, -0.05) is 23.2 Å². The molecule has 4 aromatic rings. The number of hydrogen-bond acceptors (Lipinski definition) is 9. The molecule has 2 unspecified atom stereocenters. The Morgan fingerprint density at radius 1 is 1.11 bits per heavy atom. The number of aliphatic hydroxyl groups is 2. The molecule has 5 rings (SSSR count). The van der Waals surface area contributed by atoms with Crippen molar-refractivity contribution >= 4 is 45.5 Å². The van der Waals surface area contributed by atoms with Crippen LogP contribution in [0, 0.1) is 24.2 Å². The maximum Gasteiger partial charge on any atom is 0.212 e. The van der Waals surface area contributed by atoms with Crippen LogP contribution in [-0.2, 0) is 0 Å². The van der Waals surface area contributed by atoms with E-state index in [4.69, 9.17) is 33.2 Å². The Labute approximate surface area is 220 Å². The van der Waals surface area contributed by atoms with Crippen molar-refractivity contribution < 1.29 is 19.3 Å². The summed E-state index contributed by atoms with van der Waals surface area (Å²) in [5.41, 5.74) is 3.01. The highest BCUT2D eigenvalue weighted by Crippen LogP contribution is 2.41. The van der Waals surface area contributed by atoms with Gasteiger partial charge in [0.2, 0.25) is 12.3 Å². The van der Waals surface area contributed by atoms with Crippen molar-refractivity contribution in [3.05, 3.63) is 76.3 Å². The number of nitriles is 1. The van der Waals surface area contributed by atoms with E-state index in [0.29, 0.717) is 22.5 Å². The summed E-state index contributed by atoms with van der Waals surface area (Å²) in [6, 6.07) is 14.7. The lowest BCUT2D eigenvalue weighted by Crippen LogP contribution is -2.55. The molecule has 0 spiro atoms. The highest BCUT2D eigenvalue weighted by atomic mass is 35.5. The Morgan fingerprint density at radius 2 is 1.86 bits per heavy atom. The molecule has 0 fully saturated rings. The average molecular weight is 539 g/mol. The van der Waals surface area contributed by atoms with Gasteiger partial charge < -0.3 is 14.9 Å². The van der Waals surface area contributed by atoms with Gasteiger partial charge in [-0.15, -0.1) is 0 Å². The number of hydrazone groups is 1. The molecule has 0 saturated heterocycles. The van der Waals surface area contributed by atoms with Crippen LogP contribution in [0.15, 0.2) is 59.8 Å². The van der Waals surface area contributed by atoms with Gasteiger partial charge in [-0.25, -0.2) is 20.3 Å². The van der Waals surface area contributed by atoms with Crippen LogP contribution < -0.4 is 15.1 Å². The monoisotopic (exact) mass is 538 g/mol. The summed E-state index contributed by atoms with van der Waals surface area (Å²) in [7, 11) is 0. The van der Waals surface area contributed by atoms with Crippen molar-refractivity contribution in [2.75, 3.05) is 5.01 Å². The van der Waals surface area contributed by atoms with Crippen LogP contribution in [0.3, 0.4) is 0 Å². The predicted octanol–water partition coefficient (Wildman–Crippen LogP) is 4.73. The molecule has 0 aliphatic carbocycles. The van der Waals surface area contributed by atoms with Crippen molar-refractivity contribution in [1.82, 2.24) is 15.3 Å². The third-order valence-electron chi connectivity index (χ3n) is 5.61. The van der Waals surface area contributed by atoms with Crippen molar-refractivity contribution in [3.8, 4) is 28.8 Å². The number of anilines is 1. The lowest BCUT2D eigenvalue weighted by molar-refractivity contribution is 0.0631. The Hall–Kier alpha value is -3.85. The number of aryl methyl sites for hydroxylation is 1. The molecule has 9 nitrogen and oxygen atoms in total. The van der Waals surface area contributed by atoms with Crippen molar-refractivity contribution in [2.45, 2.75) is 19.5 Å². The van der Waals surface area contributed by atoms with Crippen molar-refractivity contribution in [3.63, 3.8) is 0 Å². The smallest absolute Gasteiger partial charge is 0.212 e. The SMILES string of the molecule is Cc1cc(-c2ccc(F)nc2)nc2ccc(Oc3c(Cl)cc(N4N=C(C#N)C(O)NC4O)cc3Cl)cc12. The summed E-state index contributed by atoms with van der Waals surface area (Å²) in [6.07, 6.45) is -1.39. The first-order valence-electron chi connectivity index (χ1n) is 10.8. The molecular weight excluding hydrogens is 522 g/mol. The van der Waals surface area contributed by atoms with Crippen LogP contribution in [0.2, 0.25) is 10.0 Å². The zero-order chi connectivity index (χ0) is 26.3. The van der Waals surface area contributed by atoms with Gasteiger partial charge in [-0.2, -0.15) is 14.8 Å². The molecule has 1 aliphatic heterocycles. The second-order valence-corrected chi connectivity index (χ2v) is 8.91. The second kappa shape index (κ2) is 9.89. The molecule has 186 valence electrons. The normalized spacial score (nSPS) is 17.4. The van der Waals surface area contributed by atoms with Gasteiger partial charge in [-0.05, 0) is 61.0 Å². The first-order valence-corrected chi connectivity index (χ1v) is 11.6. The Morgan fingerprint density at radius 3 is 2.54 bits per heavy atom. The molecule has 1 aliphatic rings. The topological polar surface area (TPSA) is 127 Å². The highest BCUT2D eigenvalue weighted by Gasteiger charge is 2.29. The number of pyridine rings is 2. The Bertz CT molecular complexity index is 1570. The van der Waals surface area contributed by atoms with E-state index >= 15 is 0 Å². The number of nitrogens with zero attached hydrogens (tertiary/aromatic N) is 5. The van der Waals surface area contributed by atoms with Gasteiger partial charge in [0.15, 0.2) is 17.7 Å². The maximum atomic E-state index is 13.2. The van der Waals surface area contributed by atoms with Crippen LogP contribution in [-0.4, -0.2) is 38.5 Å². The fourth-order valence-corrected chi connectivity index (χ4v) is 4.36. The van der Waals surface area contributed by atoms with E-state index in [1.54, 1.807) is 30.3 Å². The van der Waals surface area contributed by atoms with E-state index in [1.807, 2.05) is 13.0 Å². The van der Waals surface area contributed by atoms with Crippen molar-refractivity contribution in [1.29, 1.82) is 5.26 Å². The first-order chi connectivity index (χ1) is 17.7. The van der Waals surface area contributed by atoms with Gasteiger partial charge in [0.1, 0.15) is 11.8 Å². The lowest BCUT2D eigenvalue weighted by Gasteiger charge is -2.32. The summed E-state index contributed by atoms with van der Waals surface area (Å²) < 4.78 is 19.2. The van der Waals surface area contributed by atoms with Gasteiger partial charge >= 0.3 is 0 Å². The number of aliphatic hydroxyl groups excluding tert-OH is 2. The molecule has 3 N–H and O–H groups in total. The van der Waals surface area contributed by atoms with Crippen LogP contribution >= 0.6 is 23.2 Å². The van der Waals surface area contributed by atoms with Gasteiger partial charge in [-0.3, -0.25) is 0 Å². The van der Waals surface area contributed by atoms with Gasteiger partial charge in [0.25, 0.3) is 0 Å². The van der Waals surface area contributed by atoms with E-state index in [9.17, 15) is 14.6 Å². The number of halogens is 3. The molecule has 0 radical (unpaired) electrons. The molecule has 0 amide bonds. The number of aromatic nitrogens is 2. The number of hydrogen-bond donors (Lipinski definition) is 3. The third-order valence-corrected chi connectivity index (χ3v) is 6.17. The maximum absolute atomic E-state index is 13.2. The summed E-state index contributed by atoms with van der Waals surface area (Å²) in [4.78, 5) is 8.34. The van der Waals surface area contributed by atoms with Crippen LogP contribution in [0.1, 0.15) is 5.56 Å². The molecule has 0 saturated carbocycles. The minimum atomic E-state index is -1.42. The Kier molecular flexibility index (Phi) is 6.64. The summed E-state index contributed by atoms with van der Waals surface area (Å²) in [5, 5.41) is 37.6. The van der Waals surface area contributed by atoms with E-state index in [0.717, 1.165) is 16.0 Å². The largest absolute Gasteiger partial charge is 0.454 e. The predicted molar refractivity (Wildman–Crippen MR) is 137 cm³/mol. The lowest BCUT2D eigenvalue weighted by atomic mass is 10.1. The molecule has 0 bridgehead atoms. The third kappa shape index (κ3) is 4.91. The minimum absolute atomic E-state index is 0.128. The molecule has 37 heavy (non-hydrogen) atoms. The van der Waals surface area contributed by atoms with E-state index in [2.05, 4.69) is 20.4 Å². The number of benzene rings is 2. The number of nitrogens with one attached hydrogen (secondary N) is 1.